The van der Waals surface area contributed by atoms with Gasteiger partial charge in [0.1, 0.15) is 29.0 Å². The SMILES string of the molecule is COC(=O)C[C@@H]1N=C(c2ccc(C3=CCN(CCC(=O)N[C@H](C(=O)N4C[C@H](O)C[C@H]4C(=O)N[C@@H](C)c4ccc(-c5scnc5C)cc4)C(C)(C)C)CC3)cc2)c2c(sc(C)c2C)-n2c(C)nnc21. The van der Waals surface area contributed by atoms with Crippen LogP contribution in [-0.4, -0.2) is 116 Å². The summed E-state index contributed by atoms with van der Waals surface area (Å²) in [5.74, 6) is -0.00789. The number of carbonyl (C=O) groups is 4. The topological polar surface area (TPSA) is 184 Å². The van der Waals surface area contributed by atoms with Gasteiger partial charge in [-0.3, -0.25) is 33.6 Å². The zero-order chi connectivity index (χ0) is 48.6. The van der Waals surface area contributed by atoms with Crippen molar-refractivity contribution in [3.63, 3.8) is 0 Å². The number of carbonyl (C=O) groups excluding carboxylic acids is 4. The van der Waals surface area contributed by atoms with Crippen molar-refractivity contribution in [3.8, 4) is 15.4 Å². The van der Waals surface area contributed by atoms with Gasteiger partial charge in [-0.05, 0) is 74.3 Å². The van der Waals surface area contributed by atoms with E-state index in [0.717, 1.165) is 73.5 Å². The van der Waals surface area contributed by atoms with Crippen LogP contribution in [-0.2, 0) is 23.9 Å². The third-order valence-corrected chi connectivity index (χ3v) is 15.5. The Labute approximate surface area is 405 Å². The summed E-state index contributed by atoms with van der Waals surface area (Å²) in [6, 6.07) is 13.7. The summed E-state index contributed by atoms with van der Waals surface area (Å²) >= 11 is 3.25. The number of rotatable bonds is 13. The van der Waals surface area contributed by atoms with Crippen LogP contribution in [0.1, 0.15) is 115 Å². The molecule has 0 aliphatic carbocycles. The molecule has 0 unspecified atom stereocenters. The number of β-amino-alcohol motifs (C(OH)–C–C–N with tert-alkyl or cyclic N) is 1. The Morgan fingerprint density at radius 2 is 1.66 bits per heavy atom. The molecule has 3 amide bonds. The highest BCUT2D eigenvalue weighted by molar-refractivity contribution is 7.15. The Morgan fingerprint density at radius 1 is 0.956 bits per heavy atom. The minimum Gasteiger partial charge on any atom is -0.469 e. The number of hydrogen-bond donors (Lipinski definition) is 3. The summed E-state index contributed by atoms with van der Waals surface area (Å²) in [5.41, 5.74) is 10.3. The molecular weight excluding hydrogens is 899 g/mol. The molecule has 0 bridgehead atoms. The van der Waals surface area contributed by atoms with Crippen molar-refractivity contribution < 1.29 is 29.0 Å². The standard InChI is InChI=1S/C51H61N9O6S2/c1-28-31(4)68-50-43(28)44(54-39(25-42(63)66-9)47-57-56-32(5)60(47)50)36-14-12-34(13-15-36)35-18-21-58(22-19-35)23-20-41(62)55-46(51(6,7)8)49(65)59-26-38(61)24-40(59)48(64)53-29(2)33-10-16-37(17-11-33)45-30(3)52-27-67-45/h10-18,27,29,38-40,46,61H,19-26H2,1-9H3,(H,53,64)(H,55,62)/t29-,38+,39-,40-,46+/m0/s1. The summed E-state index contributed by atoms with van der Waals surface area (Å²) in [7, 11) is 1.38. The lowest BCUT2D eigenvalue weighted by atomic mass is 9.85. The number of aliphatic hydroxyl groups is 1. The number of benzene rings is 2. The molecule has 3 N–H and O–H groups in total. The van der Waals surface area contributed by atoms with Crippen LogP contribution in [0.3, 0.4) is 0 Å². The molecule has 3 aromatic heterocycles. The second-order valence-corrected chi connectivity index (χ2v) is 21.2. The number of aliphatic imine (C=N–C) groups is 1. The molecule has 1 saturated heterocycles. The molecule has 15 nitrogen and oxygen atoms in total. The van der Waals surface area contributed by atoms with E-state index in [-0.39, 0.29) is 55.5 Å². The maximum Gasteiger partial charge on any atom is 0.308 e. The van der Waals surface area contributed by atoms with E-state index in [2.05, 4.69) is 74.9 Å². The zero-order valence-electron chi connectivity index (χ0n) is 40.3. The lowest BCUT2D eigenvalue weighted by molar-refractivity contribution is -0.144. The zero-order valence-corrected chi connectivity index (χ0v) is 41.9. The average molecular weight is 960 g/mol. The van der Waals surface area contributed by atoms with Gasteiger partial charge in [-0.25, -0.2) is 4.98 Å². The van der Waals surface area contributed by atoms with Crippen molar-refractivity contribution in [3.05, 3.63) is 110 Å². The highest BCUT2D eigenvalue weighted by Crippen LogP contribution is 2.40. The highest BCUT2D eigenvalue weighted by Gasteiger charge is 2.45. The van der Waals surface area contributed by atoms with Crippen LogP contribution in [0.25, 0.3) is 21.0 Å². The maximum atomic E-state index is 14.3. The monoisotopic (exact) mass is 959 g/mol. The van der Waals surface area contributed by atoms with E-state index in [1.165, 1.54) is 22.5 Å². The number of nitrogens with zero attached hydrogens (tertiary/aromatic N) is 7. The maximum absolute atomic E-state index is 14.3. The van der Waals surface area contributed by atoms with Crippen molar-refractivity contribution in [2.24, 2.45) is 10.4 Å². The summed E-state index contributed by atoms with van der Waals surface area (Å²) in [6.07, 6.45) is 2.49. The van der Waals surface area contributed by atoms with Gasteiger partial charge < -0.3 is 25.4 Å². The number of aromatic nitrogens is 4. The largest absolute Gasteiger partial charge is 0.469 e. The van der Waals surface area contributed by atoms with E-state index in [9.17, 15) is 24.3 Å². The van der Waals surface area contributed by atoms with E-state index in [1.54, 1.807) is 22.7 Å². The lowest BCUT2D eigenvalue weighted by Gasteiger charge is -2.35. The number of fused-ring (bicyclic) bond motifs is 3. The first-order valence-electron chi connectivity index (χ1n) is 23.2. The van der Waals surface area contributed by atoms with E-state index in [4.69, 9.17) is 9.73 Å². The Morgan fingerprint density at radius 3 is 2.31 bits per heavy atom. The third-order valence-electron chi connectivity index (χ3n) is 13.4. The number of thiophene rings is 1. The quantitative estimate of drug-likeness (QED) is 0.104. The molecule has 6 heterocycles. The van der Waals surface area contributed by atoms with Gasteiger partial charge in [0.25, 0.3) is 0 Å². The second-order valence-electron chi connectivity index (χ2n) is 19.2. The smallest absolute Gasteiger partial charge is 0.308 e. The molecule has 8 rings (SSSR count). The minimum absolute atomic E-state index is 0.00726. The summed E-state index contributed by atoms with van der Waals surface area (Å²) in [6.45, 7) is 17.6. The normalized spacial score (nSPS) is 19.3. The van der Waals surface area contributed by atoms with E-state index >= 15 is 0 Å². The number of esters is 1. The Bertz CT molecular complexity index is 2770. The van der Waals surface area contributed by atoms with Crippen LogP contribution >= 0.6 is 22.7 Å². The van der Waals surface area contributed by atoms with Gasteiger partial charge in [0.15, 0.2) is 5.82 Å². The fraction of sp³-hybridized carbons (Fsp3) is 0.451. The molecule has 17 heteroatoms. The van der Waals surface area contributed by atoms with Crippen LogP contribution in [0.4, 0.5) is 0 Å². The first kappa shape index (κ1) is 48.6. The number of ether oxygens (including phenoxy) is 1. The first-order chi connectivity index (χ1) is 32.4. The van der Waals surface area contributed by atoms with Gasteiger partial charge in [-0.15, -0.1) is 32.9 Å². The van der Waals surface area contributed by atoms with Gasteiger partial charge >= 0.3 is 5.97 Å². The molecular formula is C51H61N9O6S2. The van der Waals surface area contributed by atoms with E-state index in [0.29, 0.717) is 18.9 Å². The summed E-state index contributed by atoms with van der Waals surface area (Å²) in [4.78, 5) is 69.7. The van der Waals surface area contributed by atoms with Crippen molar-refractivity contribution >= 4 is 57.6 Å². The van der Waals surface area contributed by atoms with Gasteiger partial charge in [-0.1, -0.05) is 75.4 Å². The molecule has 68 heavy (non-hydrogen) atoms. The van der Waals surface area contributed by atoms with Crippen LogP contribution in [0.2, 0.25) is 0 Å². The van der Waals surface area contributed by atoms with Crippen LogP contribution in [0.5, 0.6) is 0 Å². The fourth-order valence-electron chi connectivity index (χ4n) is 9.29. The number of thiazole rings is 1. The van der Waals surface area contributed by atoms with Crippen LogP contribution in [0.15, 0.2) is 65.1 Å². The predicted octanol–water partition coefficient (Wildman–Crippen LogP) is 6.99. The van der Waals surface area contributed by atoms with E-state index < -0.39 is 29.6 Å². The number of hydrogen-bond acceptors (Lipinski definition) is 13. The predicted molar refractivity (Wildman–Crippen MR) is 265 cm³/mol. The van der Waals surface area contributed by atoms with Gasteiger partial charge in [0.2, 0.25) is 17.7 Å². The van der Waals surface area contributed by atoms with Gasteiger partial charge in [-0.2, -0.15) is 0 Å². The number of likely N-dealkylation sites (tertiary alicyclic amines) is 1. The number of aryl methyl sites for hydroxylation is 3. The third kappa shape index (κ3) is 10.1. The number of nitrogens with one attached hydrogen (secondary N) is 2. The Hall–Kier alpha value is -5.88. The van der Waals surface area contributed by atoms with Gasteiger partial charge in [0.05, 0.1) is 47.5 Å². The molecule has 0 spiro atoms. The van der Waals surface area contributed by atoms with Crippen LogP contribution in [0, 0.1) is 33.1 Å². The molecule has 1 fully saturated rings. The number of methoxy groups -OCH3 is 1. The lowest BCUT2D eigenvalue weighted by Crippen LogP contribution is -2.58. The van der Waals surface area contributed by atoms with Crippen molar-refractivity contribution in [2.45, 2.75) is 111 Å². The summed E-state index contributed by atoms with van der Waals surface area (Å²) < 4.78 is 7.07. The molecule has 5 atom stereocenters. The molecule has 2 aromatic carbocycles. The number of amides is 3. The molecule has 0 saturated carbocycles. The Balaban J connectivity index is 0.881. The van der Waals surface area contributed by atoms with Crippen molar-refractivity contribution in [1.82, 2.24) is 40.2 Å². The minimum atomic E-state index is -0.905. The molecule has 0 radical (unpaired) electrons. The van der Waals surface area contributed by atoms with E-state index in [1.807, 2.05) is 75.9 Å². The molecule has 5 aromatic rings. The number of aliphatic hydroxyl groups excluding tert-OH is 1. The molecule has 3 aliphatic heterocycles. The average Bonchev–Trinajstić information content (AvgIpc) is 4.09. The summed E-state index contributed by atoms with van der Waals surface area (Å²) in [5, 5.41) is 26.6. The van der Waals surface area contributed by atoms with Crippen LogP contribution < -0.4 is 10.6 Å². The Kier molecular flexibility index (Phi) is 14.3. The van der Waals surface area contributed by atoms with Crippen molar-refractivity contribution in [1.29, 1.82) is 0 Å². The highest BCUT2D eigenvalue weighted by atomic mass is 32.1. The molecule has 358 valence electrons. The van der Waals surface area contributed by atoms with Gasteiger partial charge in [0, 0.05) is 55.0 Å². The van der Waals surface area contributed by atoms with Crippen molar-refractivity contribution in [2.75, 3.05) is 33.3 Å². The second kappa shape index (κ2) is 20.0. The molecule has 3 aliphatic rings. The fourth-order valence-corrected chi connectivity index (χ4v) is 11.3. The first-order valence-corrected chi connectivity index (χ1v) is 24.9.